The Morgan fingerprint density at radius 2 is 1.82 bits per heavy atom. The van der Waals surface area contributed by atoms with Crippen molar-refractivity contribution in [3.8, 4) is 22.9 Å². The summed E-state index contributed by atoms with van der Waals surface area (Å²) in [4.78, 5) is 1.44. The summed E-state index contributed by atoms with van der Waals surface area (Å²) in [5, 5.41) is 26.2. The van der Waals surface area contributed by atoms with Crippen molar-refractivity contribution in [1.82, 2.24) is 25.5 Å². The van der Waals surface area contributed by atoms with Gasteiger partial charge in [-0.25, -0.2) is 0 Å². The lowest BCUT2D eigenvalue weighted by Gasteiger charge is -2.40. The smallest absolute Gasteiger partial charge is 0.204 e. The van der Waals surface area contributed by atoms with Crippen LogP contribution >= 0.6 is 0 Å². The molecule has 1 fully saturated rings. The number of hydrogen-bond donors (Lipinski definition) is 2. The van der Waals surface area contributed by atoms with E-state index in [4.69, 9.17) is 4.74 Å². The highest BCUT2D eigenvalue weighted by atomic mass is 16.5. The molecule has 142 valence electrons. The molecule has 2 N–H and O–H groups in total. The fourth-order valence-electron chi connectivity index (χ4n) is 3.98. The third kappa shape index (κ3) is 2.84. The number of rotatable bonds is 2. The molecule has 7 heteroatoms. The minimum Gasteiger partial charge on any atom is -0.507 e. The number of piperidine rings is 1. The average molecular weight is 375 g/mol. The van der Waals surface area contributed by atoms with E-state index in [-0.39, 0.29) is 11.4 Å². The van der Waals surface area contributed by atoms with Crippen LogP contribution in [-0.4, -0.2) is 44.0 Å². The third-order valence-electron chi connectivity index (χ3n) is 5.41. The van der Waals surface area contributed by atoms with E-state index in [1.165, 1.54) is 4.80 Å². The first kappa shape index (κ1) is 16.9. The van der Waals surface area contributed by atoms with Crippen LogP contribution in [0.5, 0.6) is 11.5 Å². The van der Waals surface area contributed by atoms with E-state index < -0.39 is 0 Å². The van der Waals surface area contributed by atoms with E-state index in [2.05, 4.69) is 26.8 Å². The van der Waals surface area contributed by atoms with Crippen molar-refractivity contribution in [1.29, 1.82) is 0 Å². The van der Waals surface area contributed by atoms with Crippen molar-refractivity contribution >= 4 is 5.57 Å². The first-order chi connectivity index (χ1) is 13.6. The van der Waals surface area contributed by atoms with Crippen LogP contribution in [-0.2, 0) is 7.05 Å². The van der Waals surface area contributed by atoms with Gasteiger partial charge >= 0.3 is 0 Å². The van der Waals surface area contributed by atoms with Gasteiger partial charge in [0.2, 0.25) is 5.82 Å². The number of benzene rings is 2. The van der Waals surface area contributed by atoms with Crippen molar-refractivity contribution in [3.05, 3.63) is 59.7 Å². The van der Waals surface area contributed by atoms with Gasteiger partial charge in [0, 0.05) is 18.4 Å². The maximum absolute atomic E-state index is 10.5. The topological polar surface area (TPSA) is 85.1 Å². The normalized spacial score (nSPS) is 17.7. The number of hydrogen-bond acceptors (Lipinski definition) is 6. The summed E-state index contributed by atoms with van der Waals surface area (Å²) in [5.74, 6) is 1.55. The van der Waals surface area contributed by atoms with Crippen molar-refractivity contribution in [2.45, 2.75) is 18.4 Å². The minimum absolute atomic E-state index is 0.229. The Balaban J connectivity index is 1.60. The molecule has 1 aromatic heterocycles. The Morgan fingerprint density at radius 3 is 2.54 bits per heavy atom. The maximum atomic E-state index is 10.5. The molecule has 0 saturated carbocycles. The molecule has 0 unspecified atom stereocenters. The van der Waals surface area contributed by atoms with Crippen molar-refractivity contribution in [2.24, 2.45) is 7.05 Å². The van der Waals surface area contributed by atoms with Crippen LogP contribution in [0.4, 0.5) is 0 Å². The van der Waals surface area contributed by atoms with E-state index in [9.17, 15) is 5.11 Å². The van der Waals surface area contributed by atoms with E-state index in [0.717, 1.165) is 53.9 Å². The van der Waals surface area contributed by atoms with Crippen LogP contribution < -0.4 is 10.1 Å². The van der Waals surface area contributed by atoms with Crippen LogP contribution in [0, 0.1) is 0 Å². The molecule has 2 aromatic carbocycles. The van der Waals surface area contributed by atoms with Gasteiger partial charge in [-0.2, -0.15) is 4.80 Å². The zero-order chi connectivity index (χ0) is 19.1. The molecule has 1 saturated heterocycles. The summed E-state index contributed by atoms with van der Waals surface area (Å²) in [6.07, 6.45) is 3.98. The van der Waals surface area contributed by atoms with Gasteiger partial charge in [-0.05, 0) is 47.6 Å². The fourth-order valence-corrected chi connectivity index (χ4v) is 3.98. The van der Waals surface area contributed by atoms with Crippen molar-refractivity contribution < 1.29 is 9.84 Å². The number of aromatic hydroxyl groups is 1. The third-order valence-corrected chi connectivity index (χ3v) is 5.41. The zero-order valence-corrected chi connectivity index (χ0v) is 15.6. The summed E-state index contributed by atoms with van der Waals surface area (Å²) < 4.78 is 6.38. The van der Waals surface area contributed by atoms with Crippen LogP contribution in [0.3, 0.4) is 0 Å². The van der Waals surface area contributed by atoms with Crippen LogP contribution in [0.2, 0.25) is 0 Å². The van der Waals surface area contributed by atoms with Gasteiger partial charge in [0.15, 0.2) is 0 Å². The molecule has 0 bridgehead atoms. The van der Waals surface area contributed by atoms with Gasteiger partial charge in [-0.3, -0.25) is 0 Å². The zero-order valence-electron chi connectivity index (χ0n) is 15.6. The number of nitrogens with zero attached hydrogens (tertiary/aromatic N) is 4. The van der Waals surface area contributed by atoms with Crippen LogP contribution in [0.1, 0.15) is 24.0 Å². The highest BCUT2D eigenvalue weighted by Crippen LogP contribution is 2.46. The minimum atomic E-state index is -0.341. The second kappa shape index (κ2) is 6.45. The molecule has 2 aliphatic rings. The van der Waals surface area contributed by atoms with Gasteiger partial charge in [-0.1, -0.05) is 30.3 Å². The monoisotopic (exact) mass is 375 g/mol. The molecule has 2 aliphatic heterocycles. The van der Waals surface area contributed by atoms with Crippen molar-refractivity contribution in [3.63, 3.8) is 0 Å². The first-order valence-electron chi connectivity index (χ1n) is 9.43. The lowest BCUT2D eigenvalue weighted by molar-refractivity contribution is 0.0813. The number of fused-ring (bicyclic) bond motifs is 1. The van der Waals surface area contributed by atoms with E-state index in [1.807, 2.05) is 36.4 Å². The molecule has 3 aromatic rings. The highest BCUT2D eigenvalue weighted by molar-refractivity contribution is 5.88. The standard InChI is InChI=1S/C21H21N5O2/c1-26-24-20(23-25-26)15-7-5-14(6-8-15)16-13-21(9-11-22-12-10-21)28-18-4-2-3-17(27)19(16)18/h2-8,13,22,27H,9-12H2,1H3. The largest absolute Gasteiger partial charge is 0.507 e. The maximum Gasteiger partial charge on any atom is 0.204 e. The number of phenols is 1. The van der Waals surface area contributed by atoms with Crippen LogP contribution in [0.25, 0.3) is 17.0 Å². The second-order valence-corrected chi connectivity index (χ2v) is 7.30. The molecule has 0 radical (unpaired) electrons. The predicted octanol–water partition coefficient (Wildman–Crippen LogP) is 2.53. The van der Waals surface area contributed by atoms with Crippen LogP contribution in [0.15, 0.2) is 48.5 Å². The molecular formula is C21H21N5O2. The number of tetrazole rings is 1. The van der Waals surface area contributed by atoms with Gasteiger partial charge in [0.1, 0.15) is 17.1 Å². The average Bonchev–Trinajstić information content (AvgIpc) is 3.14. The summed E-state index contributed by atoms with van der Waals surface area (Å²) in [5.41, 5.74) is 3.33. The molecular weight excluding hydrogens is 354 g/mol. The summed E-state index contributed by atoms with van der Waals surface area (Å²) in [6.45, 7) is 1.82. The number of nitrogens with one attached hydrogen (secondary N) is 1. The molecule has 3 heterocycles. The SMILES string of the molecule is Cn1nnc(-c2ccc(C3=CC4(CCNCC4)Oc4cccc(O)c43)cc2)n1. The Morgan fingerprint density at radius 1 is 1.07 bits per heavy atom. The quantitative estimate of drug-likeness (QED) is 0.716. The fraction of sp³-hybridized carbons (Fsp3) is 0.286. The predicted molar refractivity (Wildman–Crippen MR) is 105 cm³/mol. The molecule has 28 heavy (non-hydrogen) atoms. The summed E-state index contributed by atoms with van der Waals surface area (Å²) >= 11 is 0. The summed E-state index contributed by atoms with van der Waals surface area (Å²) in [6, 6.07) is 13.5. The van der Waals surface area contributed by atoms with Crippen molar-refractivity contribution in [2.75, 3.05) is 13.1 Å². The molecule has 5 rings (SSSR count). The lowest BCUT2D eigenvalue weighted by Crippen LogP contribution is -2.46. The first-order valence-corrected chi connectivity index (χ1v) is 9.43. The van der Waals surface area contributed by atoms with Gasteiger partial charge in [0.25, 0.3) is 0 Å². The van der Waals surface area contributed by atoms with Gasteiger partial charge in [0.05, 0.1) is 12.6 Å². The number of aryl methyl sites for hydroxylation is 1. The van der Waals surface area contributed by atoms with E-state index >= 15 is 0 Å². The molecule has 1 spiro atoms. The van der Waals surface area contributed by atoms with Gasteiger partial charge in [-0.15, -0.1) is 10.2 Å². The number of phenolic OH excluding ortho intramolecular Hbond substituents is 1. The van der Waals surface area contributed by atoms with Gasteiger partial charge < -0.3 is 15.2 Å². The highest BCUT2D eigenvalue weighted by Gasteiger charge is 2.37. The van der Waals surface area contributed by atoms with E-state index in [1.54, 1.807) is 13.1 Å². The Bertz CT molecular complexity index is 1050. The Kier molecular flexibility index (Phi) is 3.91. The van der Waals surface area contributed by atoms with E-state index in [0.29, 0.717) is 5.82 Å². The lowest BCUT2D eigenvalue weighted by atomic mass is 9.83. The molecule has 0 atom stereocenters. The Labute approximate surface area is 162 Å². The Hall–Kier alpha value is -3.19. The number of ether oxygens (including phenoxy) is 1. The summed E-state index contributed by atoms with van der Waals surface area (Å²) in [7, 11) is 1.75. The number of aromatic nitrogens is 4. The second-order valence-electron chi connectivity index (χ2n) is 7.30. The molecule has 0 aliphatic carbocycles. The molecule has 0 amide bonds. The molecule has 7 nitrogen and oxygen atoms in total.